The first kappa shape index (κ1) is 20.7. The molecule has 0 radical (unpaired) electrons. The summed E-state index contributed by atoms with van der Waals surface area (Å²) in [6.07, 6.45) is 7.26. The number of thiophene rings is 1. The number of likely N-dealkylation sites (tertiary alicyclic amines) is 1. The molecule has 166 valence electrons. The van der Waals surface area contributed by atoms with E-state index in [9.17, 15) is 9.59 Å². The number of hydrogen-bond acceptors (Lipinski definition) is 5. The highest BCUT2D eigenvalue weighted by atomic mass is 32.1. The lowest BCUT2D eigenvalue weighted by Crippen LogP contribution is -2.68. The van der Waals surface area contributed by atoms with E-state index in [4.69, 9.17) is 0 Å². The zero-order chi connectivity index (χ0) is 21.5. The van der Waals surface area contributed by atoms with Crippen molar-refractivity contribution in [2.24, 2.45) is 18.9 Å². The first-order valence-electron chi connectivity index (χ1n) is 11.3. The van der Waals surface area contributed by atoms with Gasteiger partial charge in [-0.1, -0.05) is 0 Å². The second-order valence-electron chi connectivity index (χ2n) is 9.41. The molecule has 3 aliphatic heterocycles. The molecule has 0 saturated carbocycles. The molecule has 3 saturated heterocycles. The average molecular weight is 442 g/mol. The molecule has 0 spiro atoms. The van der Waals surface area contributed by atoms with Gasteiger partial charge < -0.3 is 10.2 Å². The van der Waals surface area contributed by atoms with Crippen molar-refractivity contribution in [3.8, 4) is 0 Å². The molecule has 3 aliphatic rings. The molecule has 8 heteroatoms. The molecule has 31 heavy (non-hydrogen) atoms. The highest BCUT2D eigenvalue weighted by Gasteiger charge is 2.51. The van der Waals surface area contributed by atoms with Crippen LogP contribution in [0.5, 0.6) is 0 Å². The smallest absolute Gasteiger partial charge is 0.243 e. The van der Waals surface area contributed by atoms with Crippen LogP contribution in [0, 0.1) is 18.8 Å². The number of nitrogens with zero attached hydrogens (tertiary/aromatic N) is 4. The Morgan fingerprint density at radius 3 is 2.87 bits per heavy atom. The molecule has 5 heterocycles. The first-order chi connectivity index (χ1) is 15.0. The van der Waals surface area contributed by atoms with Crippen LogP contribution in [0.4, 0.5) is 0 Å². The van der Waals surface area contributed by atoms with E-state index < -0.39 is 0 Å². The zero-order valence-electron chi connectivity index (χ0n) is 18.3. The van der Waals surface area contributed by atoms with E-state index in [1.807, 2.05) is 29.5 Å². The summed E-state index contributed by atoms with van der Waals surface area (Å²) in [7, 11) is 1.87. The van der Waals surface area contributed by atoms with Crippen molar-refractivity contribution in [2.45, 2.75) is 57.8 Å². The Morgan fingerprint density at radius 2 is 2.13 bits per heavy atom. The predicted octanol–water partition coefficient (Wildman–Crippen LogP) is 2.31. The average Bonchev–Trinajstić information content (AvgIpc) is 3.34. The number of rotatable bonds is 5. The second kappa shape index (κ2) is 8.39. The van der Waals surface area contributed by atoms with Crippen molar-refractivity contribution in [3.63, 3.8) is 0 Å². The lowest BCUT2D eigenvalue weighted by atomic mass is 9.71. The van der Waals surface area contributed by atoms with Gasteiger partial charge in [-0.05, 0) is 44.2 Å². The lowest BCUT2D eigenvalue weighted by Gasteiger charge is -2.55. The molecular formula is C23H31N5O2S. The van der Waals surface area contributed by atoms with Gasteiger partial charge in [-0.15, -0.1) is 11.3 Å². The maximum Gasteiger partial charge on any atom is 0.243 e. The Kier molecular flexibility index (Phi) is 5.60. The first-order valence-corrected chi connectivity index (χ1v) is 12.1. The lowest BCUT2D eigenvalue weighted by molar-refractivity contribution is -0.160. The quantitative estimate of drug-likeness (QED) is 0.773. The third-order valence-electron chi connectivity index (χ3n) is 7.09. The molecule has 7 nitrogen and oxygen atoms in total. The number of amides is 2. The highest BCUT2D eigenvalue weighted by Crippen LogP contribution is 2.42. The Morgan fingerprint density at radius 1 is 1.29 bits per heavy atom. The number of piperidine rings is 3. The Labute approximate surface area is 187 Å². The largest absolute Gasteiger partial charge is 0.350 e. The van der Waals surface area contributed by atoms with E-state index in [1.165, 1.54) is 9.75 Å². The maximum absolute atomic E-state index is 13.4. The number of aromatic nitrogens is 2. The minimum atomic E-state index is -0.362. The fourth-order valence-corrected chi connectivity index (χ4v) is 6.80. The van der Waals surface area contributed by atoms with Gasteiger partial charge >= 0.3 is 0 Å². The number of fused-ring (bicyclic) bond motifs is 4. The topological polar surface area (TPSA) is 70.5 Å². The summed E-state index contributed by atoms with van der Waals surface area (Å²) < 4.78 is 1.74. The van der Waals surface area contributed by atoms with Gasteiger partial charge in [0.05, 0.1) is 6.20 Å². The second-order valence-corrected chi connectivity index (χ2v) is 10.8. The molecule has 0 aromatic carbocycles. The molecular weight excluding hydrogens is 410 g/mol. The van der Waals surface area contributed by atoms with Crippen molar-refractivity contribution in [1.82, 2.24) is 24.9 Å². The number of hydrogen-bond donors (Lipinski definition) is 1. The number of nitrogens with one attached hydrogen (secondary N) is 1. The molecule has 2 bridgehead atoms. The third kappa shape index (κ3) is 4.15. The molecule has 5 rings (SSSR count). The van der Waals surface area contributed by atoms with E-state index in [1.54, 1.807) is 10.9 Å². The fourth-order valence-electron chi connectivity index (χ4n) is 5.87. The summed E-state index contributed by atoms with van der Waals surface area (Å²) in [5.41, 5.74) is 0.976. The molecule has 4 atom stereocenters. The molecule has 3 fully saturated rings. The van der Waals surface area contributed by atoms with Crippen LogP contribution in [0.1, 0.15) is 41.0 Å². The molecule has 0 unspecified atom stereocenters. The molecule has 2 aromatic heterocycles. The van der Waals surface area contributed by atoms with E-state index in [0.29, 0.717) is 18.9 Å². The predicted molar refractivity (Wildman–Crippen MR) is 119 cm³/mol. The molecule has 0 aliphatic carbocycles. The third-order valence-corrected chi connectivity index (χ3v) is 8.07. The maximum atomic E-state index is 13.4. The van der Waals surface area contributed by atoms with Crippen LogP contribution in [-0.2, 0) is 29.7 Å². The van der Waals surface area contributed by atoms with Gasteiger partial charge in [-0.25, -0.2) is 0 Å². The van der Waals surface area contributed by atoms with Crippen LogP contribution in [0.15, 0.2) is 24.5 Å². The highest BCUT2D eigenvalue weighted by molar-refractivity contribution is 7.11. The van der Waals surface area contributed by atoms with Crippen LogP contribution in [-0.4, -0.2) is 56.6 Å². The van der Waals surface area contributed by atoms with Crippen molar-refractivity contribution >= 4 is 23.2 Å². The van der Waals surface area contributed by atoms with Crippen LogP contribution in [0.25, 0.3) is 0 Å². The van der Waals surface area contributed by atoms with Crippen LogP contribution < -0.4 is 5.32 Å². The van der Waals surface area contributed by atoms with Crippen molar-refractivity contribution in [3.05, 3.63) is 39.8 Å². The van der Waals surface area contributed by atoms with Gasteiger partial charge in [-0.2, -0.15) is 5.10 Å². The van der Waals surface area contributed by atoms with E-state index in [2.05, 4.69) is 34.4 Å². The summed E-state index contributed by atoms with van der Waals surface area (Å²) >= 11 is 1.85. The summed E-state index contributed by atoms with van der Waals surface area (Å²) in [5, 5.41) is 7.29. The van der Waals surface area contributed by atoms with Gasteiger partial charge in [0.2, 0.25) is 11.8 Å². The summed E-state index contributed by atoms with van der Waals surface area (Å²) in [6, 6.07) is 4.23. The minimum Gasteiger partial charge on any atom is -0.350 e. The molecule has 2 aromatic rings. The van der Waals surface area contributed by atoms with Gasteiger partial charge in [0.25, 0.3) is 0 Å². The number of carbonyl (C=O) groups is 2. The summed E-state index contributed by atoms with van der Waals surface area (Å²) in [5.74, 6) is 0.801. The minimum absolute atomic E-state index is 0.0126. The fraction of sp³-hybridized carbons (Fsp3) is 0.609. The molecule has 2 amide bonds. The number of aryl methyl sites for hydroxylation is 2. The van der Waals surface area contributed by atoms with Gasteiger partial charge in [-0.3, -0.25) is 19.2 Å². The Bertz CT molecular complexity index is 969. The Hall–Kier alpha value is -2.19. The van der Waals surface area contributed by atoms with Gasteiger partial charge in [0.1, 0.15) is 6.04 Å². The summed E-state index contributed by atoms with van der Waals surface area (Å²) in [4.78, 5) is 33.6. The monoisotopic (exact) mass is 441 g/mol. The Balaban J connectivity index is 1.35. The van der Waals surface area contributed by atoms with Gasteiger partial charge in [0, 0.05) is 73.1 Å². The van der Waals surface area contributed by atoms with E-state index in [0.717, 1.165) is 44.5 Å². The van der Waals surface area contributed by atoms with E-state index in [-0.39, 0.29) is 29.8 Å². The zero-order valence-corrected chi connectivity index (χ0v) is 19.1. The SMILES string of the molecule is Cc1ccc(CN2C[C@H]3C[C@@H](C2)[C@H](C(=O)NCc2cnn(C)c2)N2C(=O)CCC[C@@H]32)s1. The normalized spacial score (nSPS) is 28.5. The van der Waals surface area contributed by atoms with Crippen molar-refractivity contribution in [1.29, 1.82) is 0 Å². The van der Waals surface area contributed by atoms with Crippen LogP contribution in [0.3, 0.4) is 0 Å². The molecule has 1 N–H and O–H groups in total. The van der Waals surface area contributed by atoms with Crippen molar-refractivity contribution in [2.75, 3.05) is 13.1 Å². The number of carbonyl (C=O) groups excluding carboxylic acids is 2. The van der Waals surface area contributed by atoms with Gasteiger partial charge in [0.15, 0.2) is 0 Å². The van der Waals surface area contributed by atoms with Crippen LogP contribution in [0.2, 0.25) is 0 Å². The summed E-state index contributed by atoms with van der Waals surface area (Å²) in [6.45, 7) is 5.43. The van der Waals surface area contributed by atoms with Crippen LogP contribution >= 0.6 is 11.3 Å². The van der Waals surface area contributed by atoms with E-state index >= 15 is 0 Å². The van der Waals surface area contributed by atoms with Crippen molar-refractivity contribution < 1.29 is 9.59 Å². The standard InChI is InChI=1S/C23H31N5O2S/c1-15-6-7-19(31-15)14-27-12-17-8-18(13-27)22(28-20(17)4-3-5-21(28)29)23(30)24-9-16-10-25-26(2)11-16/h6-7,10-11,17-18,20,22H,3-5,8-9,12-14H2,1-2H3,(H,24,30)/t17-,18+,20+,22-/m1/s1.